The standard InChI is InChI=1S/C11H16N2O.2ClH/c1-14-10-4-3-9(7-13-10)11(8-12)5-2-6-11;;/h3-4,7H,2,5-6,8,12H2,1H3;2*1H. The highest BCUT2D eigenvalue weighted by Crippen LogP contribution is 2.42. The molecule has 0 amide bonds. The van der Waals surface area contributed by atoms with Crippen LogP contribution >= 0.6 is 24.8 Å². The smallest absolute Gasteiger partial charge is 0.212 e. The van der Waals surface area contributed by atoms with Gasteiger partial charge in [-0.3, -0.25) is 0 Å². The fourth-order valence-corrected chi connectivity index (χ4v) is 2.03. The lowest BCUT2D eigenvalue weighted by atomic mass is 9.65. The van der Waals surface area contributed by atoms with Crippen LogP contribution in [0, 0.1) is 0 Å². The second-order valence-electron chi connectivity index (χ2n) is 3.93. The minimum atomic E-state index is 0. The van der Waals surface area contributed by atoms with Crippen molar-refractivity contribution in [2.45, 2.75) is 24.7 Å². The first-order chi connectivity index (χ1) is 6.80. The van der Waals surface area contributed by atoms with Gasteiger partial charge in [-0.2, -0.15) is 0 Å². The summed E-state index contributed by atoms with van der Waals surface area (Å²) in [6.07, 6.45) is 5.56. The minimum absolute atomic E-state index is 0. The molecule has 2 rings (SSSR count). The van der Waals surface area contributed by atoms with Gasteiger partial charge < -0.3 is 10.5 Å². The predicted molar refractivity (Wildman–Crippen MR) is 69.9 cm³/mol. The summed E-state index contributed by atoms with van der Waals surface area (Å²) in [6, 6.07) is 3.99. The summed E-state index contributed by atoms with van der Waals surface area (Å²) in [5.74, 6) is 0.667. The van der Waals surface area contributed by atoms with Gasteiger partial charge in [-0.15, -0.1) is 24.8 Å². The maximum atomic E-state index is 5.81. The van der Waals surface area contributed by atoms with Crippen molar-refractivity contribution in [3.8, 4) is 5.88 Å². The van der Waals surface area contributed by atoms with Crippen molar-refractivity contribution in [3.05, 3.63) is 23.9 Å². The molecule has 1 aromatic heterocycles. The zero-order chi connectivity index (χ0) is 10.0. The van der Waals surface area contributed by atoms with Gasteiger partial charge >= 0.3 is 0 Å². The lowest BCUT2D eigenvalue weighted by Gasteiger charge is -2.41. The maximum absolute atomic E-state index is 5.81. The van der Waals surface area contributed by atoms with Crippen LogP contribution in [0.25, 0.3) is 0 Å². The summed E-state index contributed by atoms with van der Waals surface area (Å²) in [5, 5.41) is 0. The molecule has 0 radical (unpaired) electrons. The molecule has 2 N–H and O–H groups in total. The van der Waals surface area contributed by atoms with Crippen molar-refractivity contribution >= 4 is 24.8 Å². The van der Waals surface area contributed by atoms with Crippen LogP contribution in [0.2, 0.25) is 0 Å². The highest BCUT2D eigenvalue weighted by Gasteiger charge is 2.37. The topological polar surface area (TPSA) is 48.1 Å². The van der Waals surface area contributed by atoms with Crippen molar-refractivity contribution in [3.63, 3.8) is 0 Å². The summed E-state index contributed by atoms with van der Waals surface area (Å²) in [7, 11) is 1.63. The molecule has 5 heteroatoms. The van der Waals surface area contributed by atoms with E-state index in [0.717, 1.165) is 6.54 Å². The number of aromatic nitrogens is 1. The molecular weight excluding hydrogens is 247 g/mol. The number of pyridine rings is 1. The molecule has 1 aliphatic carbocycles. The van der Waals surface area contributed by atoms with Crippen molar-refractivity contribution in [1.82, 2.24) is 4.98 Å². The molecule has 0 saturated heterocycles. The Morgan fingerprint density at radius 1 is 1.38 bits per heavy atom. The van der Waals surface area contributed by atoms with E-state index in [9.17, 15) is 0 Å². The fraction of sp³-hybridized carbons (Fsp3) is 0.545. The van der Waals surface area contributed by atoms with Crippen molar-refractivity contribution in [1.29, 1.82) is 0 Å². The summed E-state index contributed by atoms with van der Waals surface area (Å²) < 4.78 is 5.02. The van der Waals surface area contributed by atoms with E-state index < -0.39 is 0 Å². The van der Waals surface area contributed by atoms with Crippen LogP contribution < -0.4 is 10.5 Å². The molecule has 0 aromatic carbocycles. The number of nitrogens with two attached hydrogens (primary N) is 1. The number of rotatable bonds is 3. The van der Waals surface area contributed by atoms with Gasteiger partial charge in [0.25, 0.3) is 0 Å². The molecule has 1 aromatic rings. The first-order valence-corrected chi connectivity index (χ1v) is 5.01. The monoisotopic (exact) mass is 264 g/mol. The molecule has 1 fully saturated rings. The van der Waals surface area contributed by atoms with Gasteiger partial charge in [0.15, 0.2) is 0 Å². The van der Waals surface area contributed by atoms with Gasteiger partial charge in [-0.25, -0.2) is 4.98 Å². The van der Waals surface area contributed by atoms with Crippen molar-refractivity contribution in [2.75, 3.05) is 13.7 Å². The zero-order valence-electron chi connectivity index (χ0n) is 9.31. The van der Waals surface area contributed by atoms with E-state index >= 15 is 0 Å². The van der Waals surface area contributed by atoms with Crippen molar-refractivity contribution in [2.24, 2.45) is 5.73 Å². The zero-order valence-corrected chi connectivity index (χ0v) is 10.9. The van der Waals surface area contributed by atoms with Gasteiger partial charge in [0.1, 0.15) is 0 Å². The van der Waals surface area contributed by atoms with E-state index in [2.05, 4.69) is 11.1 Å². The van der Waals surface area contributed by atoms with E-state index in [-0.39, 0.29) is 30.2 Å². The predicted octanol–water partition coefficient (Wildman–Crippen LogP) is 2.31. The number of ether oxygens (including phenoxy) is 1. The van der Waals surface area contributed by atoms with Crippen LogP contribution in [-0.4, -0.2) is 18.6 Å². The molecule has 3 nitrogen and oxygen atoms in total. The Hall–Kier alpha value is -0.510. The fourth-order valence-electron chi connectivity index (χ4n) is 2.03. The Bertz CT molecular complexity index is 307. The number of methoxy groups -OCH3 is 1. The molecule has 92 valence electrons. The Labute approximate surface area is 109 Å². The molecule has 0 unspecified atom stereocenters. The second-order valence-corrected chi connectivity index (χ2v) is 3.93. The normalized spacial score (nSPS) is 16.4. The first-order valence-electron chi connectivity index (χ1n) is 5.01. The Balaban J connectivity index is 0.00000112. The molecule has 1 heterocycles. The third-order valence-electron chi connectivity index (χ3n) is 3.26. The number of hydrogen-bond acceptors (Lipinski definition) is 3. The average molecular weight is 265 g/mol. The van der Waals surface area contributed by atoms with Crippen LogP contribution in [-0.2, 0) is 5.41 Å². The van der Waals surface area contributed by atoms with E-state index in [1.807, 2.05) is 12.3 Å². The first kappa shape index (κ1) is 15.5. The Morgan fingerprint density at radius 2 is 2.06 bits per heavy atom. The highest BCUT2D eigenvalue weighted by molar-refractivity contribution is 5.85. The van der Waals surface area contributed by atoms with Gasteiger partial charge in [0.2, 0.25) is 5.88 Å². The molecule has 1 saturated carbocycles. The van der Waals surface area contributed by atoms with E-state index in [1.165, 1.54) is 24.8 Å². The van der Waals surface area contributed by atoms with Gasteiger partial charge in [0, 0.05) is 24.2 Å². The summed E-state index contributed by atoms with van der Waals surface area (Å²) in [4.78, 5) is 4.22. The summed E-state index contributed by atoms with van der Waals surface area (Å²) in [5.41, 5.74) is 7.28. The lowest BCUT2D eigenvalue weighted by Crippen LogP contribution is -2.41. The molecule has 0 bridgehead atoms. The largest absolute Gasteiger partial charge is 0.481 e. The van der Waals surface area contributed by atoms with Crippen LogP contribution in [0.15, 0.2) is 18.3 Å². The second kappa shape index (κ2) is 6.28. The van der Waals surface area contributed by atoms with Crippen LogP contribution in [0.5, 0.6) is 5.88 Å². The van der Waals surface area contributed by atoms with Crippen LogP contribution in [0.4, 0.5) is 0 Å². The van der Waals surface area contributed by atoms with Gasteiger partial charge in [-0.05, 0) is 18.4 Å². The van der Waals surface area contributed by atoms with E-state index in [1.54, 1.807) is 7.11 Å². The quantitative estimate of drug-likeness (QED) is 0.912. The molecule has 1 aliphatic rings. The average Bonchev–Trinajstić information content (AvgIpc) is 2.18. The lowest BCUT2D eigenvalue weighted by molar-refractivity contribution is 0.252. The van der Waals surface area contributed by atoms with Gasteiger partial charge in [0.05, 0.1) is 7.11 Å². The van der Waals surface area contributed by atoms with E-state index in [0.29, 0.717) is 5.88 Å². The Kier molecular flexibility index (Phi) is 6.08. The third kappa shape index (κ3) is 2.59. The number of hydrogen-bond donors (Lipinski definition) is 1. The highest BCUT2D eigenvalue weighted by atomic mass is 35.5. The Morgan fingerprint density at radius 3 is 2.38 bits per heavy atom. The molecule has 0 aliphatic heterocycles. The van der Waals surface area contributed by atoms with Crippen LogP contribution in [0.3, 0.4) is 0 Å². The number of halogens is 2. The van der Waals surface area contributed by atoms with Gasteiger partial charge in [-0.1, -0.05) is 12.5 Å². The number of nitrogens with zero attached hydrogens (tertiary/aromatic N) is 1. The van der Waals surface area contributed by atoms with Crippen LogP contribution in [0.1, 0.15) is 24.8 Å². The minimum Gasteiger partial charge on any atom is -0.481 e. The van der Waals surface area contributed by atoms with E-state index in [4.69, 9.17) is 10.5 Å². The molecular formula is C11H18Cl2N2O. The maximum Gasteiger partial charge on any atom is 0.212 e. The molecule has 16 heavy (non-hydrogen) atoms. The van der Waals surface area contributed by atoms with Crippen molar-refractivity contribution < 1.29 is 4.74 Å². The summed E-state index contributed by atoms with van der Waals surface area (Å²) >= 11 is 0. The SMILES string of the molecule is COc1ccc(C2(CN)CCC2)cn1.Cl.Cl. The molecule has 0 atom stereocenters. The summed E-state index contributed by atoms with van der Waals surface area (Å²) in [6.45, 7) is 0.723. The third-order valence-corrected chi connectivity index (χ3v) is 3.26. The molecule has 0 spiro atoms.